The summed E-state index contributed by atoms with van der Waals surface area (Å²) in [5.41, 5.74) is 2.05. The highest BCUT2D eigenvalue weighted by atomic mass is 35.5. The molecule has 0 radical (unpaired) electrons. The van der Waals surface area contributed by atoms with Gasteiger partial charge in [0.2, 0.25) is 0 Å². The summed E-state index contributed by atoms with van der Waals surface area (Å²) in [5, 5.41) is 0.704. The number of ether oxygens (including phenoxy) is 1. The Kier molecular flexibility index (Phi) is 3.42. The molecule has 0 atom stereocenters. The van der Waals surface area contributed by atoms with Gasteiger partial charge in [-0.1, -0.05) is 11.6 Å². The van der Waals surface area contributed by atoms with E-state index in [0.717, 1.165) is 16.9 Å². The molecule has 16 heavy (non-hydrogen) atoms. The van der Waals surface area contributed by atoms with Crippen LogP contribution < -0.4 is 4.74 Å². The summed E-state index contributed by atoms with van der Waals surface area (Å²) in [6.45, 7) is 2.60. The molecule has 0 saturated carbocycles. The van der Waals surface area contributed by atoms with Gasteiger partial charge >= 0.3 is 0 Å². The Balaban J connectivity index is 2.49. The first-order valence-electron chi connectivity index (χ1n) is 5.14. The van der Waals surface area contributed by atoms with Crippen LogP contribution in [-0.2, 0) is 0 Å². The lowest BCUT2D eigenvalue weighted by Crippen LogP contribution is -1.94. The molecule has 0 saturated heterocycles. The van der Waals surface area contributed by atoms with E-state index >= 15 is 0 Å². The van der Waals surface area contributed by atoms with E-state index < -0.39 is 0 Å². The van der Waals surface area contributed by atoms with Crippen molar-refractivity contribution in [1.82, 2.24) is 4.98 Å². The van der Waals surface area contributed by atoms with Gasteiger partial charge in [-0.3, -0.25) is 4.98 Å². The fraction of sp³-hybridized carbons (Fsp3) is 0.154. The highest BCUT2D eigenvalue weighted by molar-refractivity contribution is 6.31. The molecule has 0 aliphatic heterocycles. The molecule has 2 rings (SSSR count). The molecule has 3 heteroatoms. The van der Waals surface area contributed by atoms with Crippen LogP contribution in [0.25, 0.3) is 11.1 Å². The average Bonchev–Trinajstić information content (AvgIpc) is 2.33. The predicted octanol–water partition coefficient (Wildman–Crippen LogP) is 3.80. The van der Waals surface area contributed by atoms with Crippen LogP contribution in [0.15, 0.2) is 42.7 Å². The van der Waals surface area contributed by atoms with Crippen LogP contribution in [-0.4, -0.2) is 11.6 Å². The van der Waals surface area contributed by atoms with E-state index in [1.807, 2.05) is 37.3 Å². The molecule has 0 spiro atoms. The molecular weight excluding hydrogens is 222 g/mol. The van der Waals surface area contributed by atoms with Crippen LogP contribution in [0.1, 0.15) is 6.92 Å². The Hall–Kier alpha value is -1.54. The quantitative estimate of drug-likeness (QED) is 0.805. The van der Waals surface area contributed by atoms with Crippen LogP contribution in [0.3, 0.4) is 0 Å². The summed E-state index contributed by atoms with van der Waals surface area (Å²) in [5.74, 6) is 0.845. The van der Waals surface area contributed by atoms with Crippen LogP contribution in [0.4, 0.5) is 0 Å². The summed E-state index contributed by atoms with van der Waals surface area (Å²) in [6.07, 6.45) is 3.51. The summed E-state index contributed by atoms with van der Waals surface area (Å²) in [7, 11) is 0. The monoisotopic (exact) mass is 233 g/mol. The number of nitrogens with zero attached hydrogens (tertiary/aromatic N) is 1. The first kappa shape index (κ1) is 11.0. The minimum Gasteiger partial charge on any atom is -0.493 e. The molecule has 0 unspecified atom stereocenters. The third-order valence-corrected chi connectivity index (χ3v) is 2.47. The van der Waals surface area contributed by atoms with Crippen LogP contribution in [0.2, 0.25) is 5.02 Å². The molecule has 0 bridgehead atoms. The Morgan fingerprint density at radius 1 is 1.19 bits per heavy atom. The zero-order valence-electron chi connectivity index (χ0n) is 8.98. The molecule has 2 nitrogen and oxygen atoms in total. The highest BCUT2D eigenvalue weighted by Gasteiger charge is 2.06. The van der Waals surface area contributed by atoms with Crippen molar-refractivity contribution < 1.29 is 4.74 Å². The minimum atomic E-state index is 0.639. The van der Waals surface area contributed by atoms with Crippen molar-refractivity contribution in [3.05, 3.63) is 47.7 Å². The standard InChI is InChI=1S/C13H12ClNO/c1-2-16-13-4-3-11(14)9-12(13)10-5-7-15-8-6-10/h3-9H,2H2,1H3. The van der Waals surface area contributed by atoms with Gasteiger partial charge in [0, 0.05) is 23.0 Å². The summed E-state index contributed by atoms with van der Waals surface area (Å²) in [4.78, 5) is 4.00. The normalized spacial score (nSPS) is 10.1. The largest absolute Gasteiger partial charge is 0.493 e. The lowest BCUT2D eigenvalue weighted by molar-refractivity contribution is 0.341. The maximum atomic E-state index is 6.00. The number of halogens is 1. The van der Waals surface area contributed by atoms with Gasteiger partial charge in [-0.2, -0.15) is 0 Å². The molecule has 1 aromatic carbocycles. The number of rotatable bonds is 3. The summed E-state index contributed by atoms with van der Waals surface area (Å²) < 4.78 is 5.57. The van der Waals surface area contributed by atoms with Crippen molar-refractivity contribution in [2.45, 2.75) is 6.92 Å². The number of pyridine rings is 1. The smallest absolute Gasteiger partial charge is 0.127 e. The first-order chi connectivity index (χ1) is 7.81. The van der Waals surface area contributed by atoms with Crippen molar-refractivity contribution in [2.24, 2.45) is 0 Å². The van der Waals surface area contributed by atoms with E-state index in [2.05, 4.69) is 4.98 Å². The first-order valence-corrected chi connectivity index (χ1v) is 5.52. The average molecular weight is 234 g/mol. The van der Waals surface area contributed by atoms with Crippen molar-refractivity contribution >= 4 is 11.6 Å². The molecule has 2 aromatic rings. The van der Waals surface area contributed by atoms with Gasteiger partial charge in [-0.25, -0.2) is 0 Å². The molecule has 0 amide bonds. The molecule has 0 N–H and O–H groups in total. The second-order valence-corrected chi connectivity index (χ2v) is 3.75. The number of aromatic nitrogens is 1. The van der Waals surface area contributed by atoms with Crippen LogP contribution in [0.5, 0.6) is 5.75 Å². The Labute approximate surface area is 99.9 Å². The topological polar surface area (TPSA) is 22.1 Å². The molecule has 0 aliphatic rings. The van der Waals surface area contributed by atoms with E-state index in [4.69, 9.17) is 16.3 Å². The SMILES string of the molecule is CCOc1ccc(Cl)cc1-c1ccncc1. The fourth-order valence-electron chi connectivity index (χ4n) is 1.54. The lowest BCUT2D eigenvalue weighted by atomic mass is 10.1. The second kappa shape index (κ2) is 4.99. The fourth-order valence-corrected chi connectivity index (χ4v) is 1.71. The van der Waals surface area contributed by atoms with Crippen LogP contribution >= 0.6 is 11.6 Å². The van der Waals surface area contributed by atoms with E-state index in [9.17, 15) is 0 Å². The molecule has 0 fully saturated rings. The van der Waals surface area contributed by atoms with E-state index in [-0.39, 0.29) is 0 Å². The predicted molar refractivity (Wildman–Crippen MR) is 65.9 cm³/mol. The third-order valence-electron chi connectivity index (χ3n) is 2.23. The maximum absolute atomic E-state index is 6.00. The third kappa shape index (κ3) is 2.34. The van der Waals surface area contributed by atoms with Gasteiger partial charge < -0.3 is 4.74 Å². The van der Waals surface area contributed by atoms with Crippen molar-refractivity contribution in [3.63, 3.8) is 0 Å². The molecular formula is C13H12ClNO. The molecule has 1 aromatic heterocycles. The van der Waals surface area contributed by atoms with Gasteiger partial charge in [-0.15, -0.1) is 0 Å². The van der Waals surface area contributed by atoms with E-state index in [0.29, 0.717) is 11.6 Å². The van der Waals surface area contributed by atoms with Gasteiger partial charge in [0.25, 0.3) is 0 Å². The van der Waals surface area contributed by atoms with E-state index in [1.54, 1.807) is 12.4 Å². The van der Waals surface area contributed by atoms with Crippen molar-refractivity contribution in [2.75, 3.05) is 6.61 Å². The Morgan fingerprint density at radius 3 is 2.62 bits per heavy atom. The second-order valence-electron chi connectivity index (χ2n) is 3.31. The van der Waals surface area contributed by atoms with Crippen LogP contribution in [0, 0.1) is 0 Å². The number of hydrogen-bond acceptors (Lipinski definition) is 2. The number of benzene rings is 1. The minimum absolute atomic E-state index is 0.639. The zero-order chi connectivity index (χ0) is 11.4. The maximum Gasteiger partial charge on any atom is 0.127 e. The van der Waals surface area contributed by atoms with E-state index in [1.165, 1.54) is 0 Å². The zero-order valence-corrected chi connectivity index (χ0v) is 9.74. The van der Waals surface area contributed by atoms with Gasteiger partial charge in [0.15, 0.2) is 0 Å². The Morgan fingerprint density at radius 2 is 1.94 bits per heavy atom. The van der Waals surface area contributed by atoms with Crippen molar-refractivity contribution in [3.8, 4) is 16.9 Å². The molecule has 82 valence electrons. The number of hydrogen-bond donors (Lipinski definition) is 0. The Bertz CT molecular complexity index is 471. The highest BCUT2D eigenvalue weighted by Crippen LogP contribution is 2.32. The summed E-state index contributed by atoms with van der Waals surface area (Å²) in [6, 6.07) is 9.50. The molecule has 0 aliphatic carbocycles. The van der Waals surface area contributed by atoms with Crippen molar-refractivity contribution in [1.29, 1.82) is 0 Å². The van der Waals surface area contributed by atoms with Gasteiger partial charge in [0.1, 0.15) is 5.75 Å². The summed E-state index contributed by atoms with van der Waals surface area (Å²) >= 11 is 6.00. The van der Waals surface area contributed by atoms with Gasteiger partial charge in [0.05, 0.1) is 6.61 Å². The van der Waals surface area contributed by atoms with Gasteiger partial charge in [-0.05, 0) is 42.8 Å². The lowest BCUT2D eigenvalue weighted by Gasteiger charge is -2.10. The molecule has 1 heterocycles.